The molecule has 0 aromatic heterocycles. The summed E-state index contributed by atoms with van der Waals surface area (Å²) in [5.41, 5.74) is 1.78. The van der Waals surface area contributed by atoms with Gasteiger partial charge in [0, 0.05) is 26.7 Å². The largest absolute Gasteiger partial charge is 0.454 e. The first-order chi connectivity index (χ1) is 10.8. The Morgan fingerprint density at radius 3 is 2.86 bits per heavy atom. The summed E-state index contributed by atoms with van der Waals surface area (Å²) in [5, 5.41) is 3.48. The van der Waals surface area contributed by atoms with Gasteiger partial charge in [-0.2, -0.15) is 0 Å². The first-order valence-corrected chi connectivity index (χ1v) is 8.12. The van der Waals surface area contributed by atoms with Crippen molar-refractivity contribution in [2.75, 3.05) is 26.9 Å². The maximum absolute atomic E-state index is 5.43. The number of rotatable bonds is 2. The first kappa shape index (κ1) is 13.7. The van der Waals surface area contributed by atoms with Crippen LogP contribution in [0.4, 0.5) is 0 Å². The van der Waals surface area contributed by atoms with Crippen molar-refractivity contribution in [1.82, 2.24) is 10.2 Å². The Hall–Kier alpha value is -1.91. The van der Waals surface area contributed by atoms with Gasteiger partial charge >= 0.3 is 0 Å². The number of aliphatic imine (C=N–C) groups is 1. The van der Waals surface area contributed by atoms with E-state index in [0.29, 0.717) is 12.2 Å². The molecule has 2 heterocycles. The molecule has 5 nitrogen and oxygen atoms in total. The van der Waals surface area contributed by atoms with Crippen LogP contribution in [0.5, 0.6) is 11.5 Å². The monoisotopic (exact) mass is 301 g/mol. The zero-order valence-corrected chi connectivity index (χ0v) is 13.1. The van der Waals surface area contributed by atoms with Crippen molar-refractivity contribution >= 4 is 5.96 Å². The molecule has 1 aliphatic carbocycles. The van der Waals surface area contributed by atoms with Gasteiger partial charge in [-0.3, -0.25) is 4.99 Å². The summed E-state index contributed by atoms with van der Waals surface area (Å²) >= 11 is 0. The molecule has 3 aliphatic rings. The molecule has 1 aromatic carbocycles. The number of ether oxygens (including phenoxy) is 2. The van der Waals surface area contributed by atoms with E-state index in [4.69, 9.17) is 9.47 Å². The standard InChI is InChI=1S/C17H23N3O2/c1-18-16(20-8-7-17(11-20)5-2-6-17)19-10-13-3-4-14-15(9-13)22-12-21-14/h3-4,9H,2,5-8,10-12H2,1H3,(H,18,19). The minimum absolute atomic E-state index is 0.323. The third-order valence-corrected chi connectivity index (χ3v) is 5.25. The van der Waals surface area contributed by atoms with Gasteiger partial charge in [0.1, 0.15) is 0 Å². The highest BCUT2D eigenvalue weighted by Gasteiger charge is 2.43. The zero-order chi connectivity index (χ0) is 15.0. The summed E-state index contributed by atoms with van der Waals surface area (Å²) in [6.45, 7) is 3.37. The smallest absolute Gasteiger partial charge is 0.231 e. The Morgan fingerprint density at radius 2 is 2.14 bits per heavy atom. The second-order valence-corrected chi connectivity index (χ2v) is 6.61. The summed E-state index contributed by atoms with van der Waals surface area (Å²) in [6.07, 6.45) is 5.50. The fourth-order valence-corrected chi connectivity index (χ4v) is 3.77. The lowest BCUT2D eigenvalue weighted by Crippen LogP contribution is -2.42. The Kier molecular flexibility index (Phi) is 3.36. The fraction of sp³-hybridized carbons (Fsp3) is 0.588. The van der Waals surface area contributed by atoms with E-state index >= 15 is 0 Å². The second kappa shape index (κ2) is 5.38. The molecule has 1 N–H and O–H groups in total. The number of likely N-dealkylation sites (tertiary alicyclic amines) is 1. The fourth-order valence-electron chi connectivity index (χ4n) is 3.77. The Morgan fingerprint density at radius 1 is 1.27 bits per heavy atom. The predicted molar refractivity (Wildman–Crippen MR) is 85.2 cm³/mol. The van der Waals surface area contributed by atoms with E-state index in [2.05, 4.69) is 21.3 Å². The van der Waals surface area contributed by atoms with E-state index in [1.54, 1.807) is 0 Å². The van der Waals surface area contributed by atoms with Crippen LogP contribution in [0, 0.1) is 5.41 Å². The number of hydrogen-bond acceptors (Lipinski definition) is 3. The second-order valence-electron chi connectivity index (χ2n) is 6.61. The van der Waals surface area contributed by atoms with Crippen molar-refractivity contribution in [3.63, 3.8) is 0 Å². The maximum Gasteiger partial charge on any atom is 0.231 e. The van der Waals surface area contributed by atoms with Crippen LogP contribution in [0.3, 0.4) is 0 Å². The third kappa shape index (κ3) is 2.38. The van der Waals surface area contributed by atoms with E-state index in [1.165, 1.54) is 31.2 Å². The SMILES string of the molecule is CN=C(NCc1ccc2c(c1)OCO2)N1CCC2(CCC2)C1. The minimum atomic E-state index is 0.323. The van der Waals surface area contributed by atoms with Gasteiger partial charge in [0.25, 0.3) is 0 Å². The average Bonchev–Trinajstić information content (AvgIpc) is 3.13. The predicted octanol–water partition coefficient (Wildman–Crippen LogP) is 2.37. The van der Waals surface area contributed by atoms with Gasteiger partial charge in [-0.1, -0.05) is 12.5 Å². The lowest BCUT2D eigenvalue weighted by atomic mass is 9.68. The summed E-state index contributed by atoms with van der Waals surface area (Å²) in [6, 6.07) is 6.09. The molecule has 0 atom stereocenters. The van der Waals surface area contributed by atoms with Gasteiger partial charge in [-0.15, -0.1) is 0 Å². The van der Waals surface area contributed by atoms with Crippen LogP contribution in [0.15, 0.2) is 23.2 Å². The average molecular weight is 301 g/mol. The van der Waals surface area contributed by atoms with E-state index in [0.717, 1.165) is 37.1 Å². The van der Waals surface area contributed by atoms with Gasteiger partial charge in [0.2, 0.25) is 6.79 Å². The van der Waals surface area contributed by atoms with E-state index in [1.807, 2.05) is 19.2 Å². The molecule has 1 saturated heterocycles. The molecular weight excluding hydrogens is 278 g/mol. The number of nitrogens with zero attached hydrogens (tertiary/aromatic N) is 2. The van der Waals surface area contributed by atoms with E-state index < -0.39 is 0 Å². The molecule has 2 aliphatic heterocycles. The van der Waals surface area contributed by atoms with Gasteiger partial charge < -0.3 is 19.7 Å². The molecule has 5 heteroatoms. The van der Waals surface area contributed by atoms with Crippen LogP contribution in [-0.4, -0.2) is 37.8 Å². The normalized spacial score (nSPS) is 22.0. The number of guanidine groups is 1. The molecule has 0 radical (unpaired) electrons. The summed E-state index contributed by atoms with van der Waals surface area (Å²) in [7, 11) is 1.87. The maximum atomic E-state index is 5.43. The van der Waals surface area contributed by atoms with Gasteiger partial charge in [0.05, 0.1) is 0 Å². The lowest BCUT2D eigenvalue weighted by Gasteiger charge is -2.38. The molecule has 1 aromatic rings. The van der Waals surface area contributed by atoms with Crippen LogP contribution in [0.2, 0.25) is 0 Å². The Bertz CT molecular complexity index is 596. The summed E-state index contributed by atoms with van der Waals surface area (Å²) in [5.74, 6) is 2.69. The molecule has 0 unspecified atom stereocenters. The first-order valence-electron chi connectivity index (χ1n) is 8.12. The van der Waals surface area contributed by atoms with Crippen LogP contribution in [0.25, 0.3) is 0 Å². The molecule has 118 valence electrons. The third-order valence-electron chi connectivity index (χ3n) is 5.25. The molecule has 0 bridgehead atoms. The molecule has 22 heavy (non-hydrogen) atoms. The highest BCUT2D eigenvalue weighted by molar-refractivity contribution is 5.80. The minimum Gasteiger partial charge on any atom is -0.454 e. The van der Waals surface area contributed by atoms with Crippen molar-refractivity contribution in [3.05, 3.63) is 23.8 Å². The molecule has 4 rings (SSSR count). The van der Waals surface area contributed by atoms with Gasteiger partial charge in [-0.25, -0.2) is 0 Å². The van der Waals surface area contributed by atoms with E-state index in [9.17, 15) is 0 Å². The highest BCUT2D eigenvalue weighted by Crippen LogP contribution is 2.47. The van der Waals surface area contributed by atoms with Crippen molar-refractivity contribution in [1.29, 1.82) is 0 Å². The number of hydrogen-bond donors (Lipinski definition) is 1. The Balaban J connectivity index is 1.37. The van der Waals surface area contributed by atoms with E-state index in [-0.39, 0.29) is 0 Å². The highest BCUT2D eigenvalue weighted by atomic mass is 16.7. The van der Waals surface area contributed by atoms with Crippen molar-refractivity contribution in [2.24, 2.45) is 10.4 Å². The van der Waals surface area contributed by atoms with Crippen LogP contribution >= 0.6 is 0 Å². The van der Waals surface area contributed by atoms with Crippen LogP contribution < -0.4 is 14.8 Å². The molecule has 0 amide bonds. The zero-order valence-electron chi connectivity index (χ0n) is 13.1. The molecule has 2 fully saturated rings. The molecular formula is C17H23N3O2. The van der Waals surface area contributed by atoms with Crippen molar-refractivity contribution < 1.29 is 9.47 Å². The van der Waals surface area contributed by atoms with Gasteiger partial charge in [0.15, 0.2) is 17.5 Å². The quantitative estimate of drug-likeness (QED) is 0.673. The lowest BCUT2D eigenvalue weighted by molar-refractivity contribution is 0.151. The summed E-state index contributed by atoms with van der Waals surface area (Å²) < 4.78 is 10.8. The number of nitrogens with one attached hydrogen (secondary N) is 1. The van der Waals surface area contributed by atoms with Gasteiger partial charge in [-0.05, 0) is 42.4 Å². The topological polar surface area (TPSA) is 46.1 Å². The van der Waals surface area contributed by atoms with Crippen molar-refractivity contribution in [3.8, 4) is 11.5 Å². The van der Waals surface area contributed by atoms with Crippen LogP contribution in [0.1, 0.15) is 31.2 Å². The Labute approximate surface area is 131 Å². The summed E-state index contributed by atoms with van der Waals surface area (Å²) in [4.78, 5) is 6.87. The van der Waals surface area contributed by atoms with Crippen molar-refractivity contribution in [2.45, 2.75) is 32.2 Å². The molecule has 1 saturated carbocycles. The number of fused-ring (bicyclic) bond motifs is 1. The van der Waals surface area contributed by atoms with Crippen LogP contribution in [-0.2, 0) is 6.54 Å². The number of benzene rings is 1. The molecule has 1 spiro atoms.